The molecule has 0 fully saturated rings. The molecule has 0 unspecified atom stereocenters. The number of aromatic nitrogens is 5. The van der Waals surface area contributed by atoms with E-state index in [1.54, 1.807) is 10.6 Å². The zero-order valence-corrected chi connectivity index (χ0v) is 12.5. The number of rotatable bonds is 3. The summed E-state index contributed by atoms with van der Waals surface area (Å²) in [6.45, 7) is 2.03. The molecule has 4 aromatic rings. The number of imidazole rings is 1. The summed E-state index contributed by atoms with van der Waals surface area (Å²) in [5.74, 6) is 0.583. The Balaban J connectivity index is 1.91. The van der Waals surface area contributed by atoms with Crippen LogP contribution in [0.25, 0.3) is 28.2 Å². The summed E-state index contributed by atoms with van der Waals surface area (Å²) in [6, 6.07) is 10.3. The first-order valence-corrected chi connectivity index (χ1v) is 7.39. The Kier molecular flexibility index (Phi) is 3.15. The first kappa shape index (κ1) is 13.6. The largest absolute Gasteiger partial charge is 0.341 e. The third kappa shape index (κ3) is 2.38. The van der Waals surface area contributed by atoms with Crippen molar-refractivity contribution in [3.63, 3.8) is 0 Å². The fraction of sp³-hybridized carbons (Fsp3) is 0.118. The van der Waals surface area contributed by atoms with Crippen LogP contribution in [0.4, 0.5) is 4.39 Å². The molecule has 0 spiro atoms. The van der Waals surface area contributed by atoms with Crippen LogP contribution >= 0.6 is 0 Å². The number of aromatic amines is 1. The second-order valence-electron chi connectivity index (χ2n) is 5.25. The number of H-pyrrole nitrogens is 1. The van der Waals surface area contributed by atoms with Crippen LogP contribution in [-0.2, 0) is 6.42 Å². The highest BCUT2D eigenvalue weighted by atomic mass is 19.1. The zero-order valence-electron chi connectivity index (χ0n) is 12.5. The lowest BCUT2D eigenvalue weighted by molar-refractivity contribution is 0.628. The van der Waals surface area contributed by atoms with Crippen LogP contribution in [0.3, 0.4) is 0 Å². The van der Waals surface area contributed by atoms with Crippen molar-refractivity contribution in [3.8, 4) is 22.5 Å². The van der Waals surface area contributed by atoms with Gasteiger partial charge in [-0.1, -0.05) is 19.1 Å². The molecule has 3 heterocycles. The maximum atomic E-state index is 13.6. The number of hydrogen-bond donors (Lipinski definition) is 1. The molecular weight excluding hydrogens is 293 g/mol. The molecule has 1 N–H and O–H groups in total. The fourth-order valence-electron chi connectivity index (χ4n) is 2.61. The monoisotopic (exact) mass is 307 g/mol. The molecule has 23 heavy (non-hydrogen) atoms. The van der Waals surface area contributed by atoms with Crippen LogP contribution in [0.5, 0.6) is 0 Å². The van der Waals surface area contributed by atoms with Crippen molar-refractivity contribution in [1.29, 1.82) is 0 Å². The number of nitrogens with zero attached hydrogens (tertiary/aromatic N) is 4. The third-order valence-electron chi connectivity index (χ3n) is 3.75. The minimum absolute atomic E-state index is 0.277. The highest BCUT2D eigenvalue weighted by Crippen LogP contribution is 2.30. The van der Waals surface area contributed by atoms with Crippen molar-refractivity contribution in [1.82, 2.24) is 24.6 Å². The molecule has 3 aromatic heterocycles. The van der Waals surface area contributed by atoms with Gasteiger partial charge in [0.2, 0.25) is 0 Å². The molecule has 5 nitrogen and oxygen atoms in total. The van der Waals surface area contributed by atoms with E-state index < -0.39 is 0 Å². The van der Waals surface area contributed by atoms with Crippen molar-refractivity contribution in [3.05, 3.63) is 60.6 Å². The summed E-state index contributed by atoms with van der Waals surface area (Å²) in [4.78, 5) is 12.1. The third-order valence-corrected chi connectivity index (χ3v) is 3.75. The number of hydrogen-bond acceptors (Lipinski definition) is 3. The minimum Gasteiger partial charge on any atom is -0.341 e. The topological polar surface area (TPSA) is 58.9 Å². The van der Waals surface area contributed by atoms with Crippen molar-refractivity contribution in [2.45, 2.75) is 13.3 Å². The standard InChI is InChI=1S/C17H14FN5/c1-2-14-21-16(11-4-3-5-13(18)8-11)17(22-14)12-6-7-15-19-10-20-23(15)9-12/h3-10H,2H2,1H3,(H,21,22). The van der Waals surface area contributed by atoms with Gasteiger partial charge in [-0.2, -0.15) is 5.10 Å². The second kappa shape index (κ2) is 5.31. The molecule has 114 valence electrons. The van der Waals surface area contributed by atoms with E-state index >= 15 is 0 Å². The number of pyridine rings is 1. The molecule has 0 saturated heterocycles. The highest BCUT2D eigenvalue weighted by Gasteiger charge is 2.14. The molecule has 0 amide bonds. The number of nitrogens with one attached hydrogen (secondary N) is 1. The first-order valence-electron chi connectivity index (χ1n) is 7.39. The lowest BCUT2D eigenvalue weighted by Gasteiger charge is -2.04. The summed E-state index contributed by atoms with van der Waals surface area (Å²) >= 11 is 0. The van der Waals surface area contributed by atoms with Gasteiger partial charge in [-0.15, -0.1) is 0 Å². The van der Waals surface area contributed by atoms with Gasteiger partial charge in [0.15, 0.2) is 5.65 Å². The Bertz CT molecular complexity index is 985. The van der Waals surface area contributed by atoms with Crippen LogP contribution in [0.1, 0.15) is 12.7 Å². The number of benzene rings is 1. The van der Waals surface area contributed by atoms with Crippen molar-refractivity contribution in [2.75, 3.05) is 0 Å². The van der Waals surface area contributed by atoms with Gasteiger partial charge < -0.3 is 4.98 Å². The Morgan fingerprint density at radius 1 is 1.17 bits per heavy atom. The molecule has 0 radical (unpaired) electrons. The van der Waals surface area contributed by atoms with Crippen molar-refractivity contribution in [2.24, 2.45) is 0 Å². The molecule has 0 saturated carbocycles. The molecule has 0 aliphatic carbocycles. The van der Waals surface area contributed by atoms with Crippen LogP contribution in [-0.4, -0.2) is 24.6 Å². The molecular formula is C17H14FN5. The molecule has 6 heteroatoms. The van der Waals surface area contributed by atoms with Crippen molar-refractivity contribution < 1.29 is 4.39 Å². The van der Waals surface area contributed by atoms with Gasteiger partial charge in [0.25, 0.3) is 0 Å². The highest BCUT2D eigenvalue weighted by molar-refractivity contribution is 5.78. The first-order chi connectivity index (χ1) is 11.2. The normalized spacial score (nSPS) is 11.2. The predicted octanol–water partition coefficient (Wildman–Crippen LogP) is 3.49. The van der Waals surface area contributed by atoms with E-state index in [1.165, 1.54) is 18.5 Å². The average Bonchev–Trinajstić information content (AvgIpc) is 3.20. The molecule has 0 bridgehead atoms. The molecule has 4 rings (SSSR count). The van der Waals surface area contributed by atoms with Gasteiger partial charge in [-0.3, -0.25) is 0 Å². The lowest BCUT2D eigenvalue weighted by atomic mass is 10.1. The van der Waals surface area contributed by atoms with Crippen molar-refractivity contribution >= 4 is 5.65 Å². The Morgan fingerprint density at radius 2 is 2.09 bits per heavy atom. The fourth-order valence-corrected chi connectivity index (χ4v) is 2.61. The molecule has 0 aliphatic rings. The van der Waals surface area contributed by atoms with Gasteiger partial charge >= 0.3 is 0 Å². The van der Waals surface area contributed by atoms with Gasteiger partial charge in [0, 0.05) is 23.7 Å². The Hall–Kier alpha value is -3.02. The number of halogens is 1. The maximum Gasteiger partial charge on any atom is 0.155 e. The van der Waals surface area contributed by atoms with E-state index in [0.29, 0.717) is 0 Å². The Labute approximate surface area is 131 Å². The summed E-state index contributed by atoms with van der Waals surface area (Å²) in [5.41, 5.74) is 4.03. The van der Waals surface area contributed by atoms with Crippen LogP contribution in [0.15, 0.2) is 48.9 Å². The molecule has 0 aliphatic heterocycles. The zero-order chi connectivity index (χ0) is 15.8. The summed E-state index contributed by atoms with van der Waals surface area (Å²) < 4.78 is 15.3. The van der Waals surface area contributed by atoms with Crippen LogP contribution in [0, 0.1) is 5.82 Å². The predicted molar refractivity (Wildman–Crippen MR) is 85.3 cm³/mol. The van der Waals surface area contributed by atoms with Gasteiger partial charge in [-0.05, 0) is 24.3 Å². The van der Waals surface area contributed by atoms with Crippen LogP contribution in [0.2, 0.25) is 0 Å². The maximum absolute atomic E-state index is 13.6. The SMILES string of the molecule is CCc1nc(-c2cccc(F)c2)c(-c2ccc3ncnn3c2)[nH]1. The number of aryl methyl sites for hydroxylation is 1. The minimum atomic E-state index is -0.277. The Morgan fingerprint density at radius 3 is 2.91 bits per heavy atom. The summed E-state index contributed by atoms with van der Waals surface area (Å²) in [7, 11) is 0. The summed E-state index contributed by atoms with van der Waals surface area (Å²) in [5, 5.41) is 4.16. The summed E-state index contributed by atoms with van der Waals surface area (Å²) in [6.07, 6.45) is 4.17. The lowest BCUT2D eigenvalue weighted by Crippen LogP contribution is -1.90. The molecule has 1 aromatic carbocycles. The van der Waals surface area contributed by atoms with E-state index in [0.717, 1.165) is 40.4 Å². The van der Waals surface area contributed by atoms with E-state index in [1.807, 2.05) is 31.3 Å². The van der Waals surface area contributed by atoms with E-state index in [4.69, 9.17) is 0 Å². The second-order valence-corrected chi connectivity index (χ2v) is 5.25. The van der Waals surface area contributed by atoms with Gasteiger partial charge in [-0.25, -0.2) is 18.9 Å². The van der Waals surface area contributed by atoms with E-state index in [9.17, 15) is 4.39 Å². The van der Waals surface area contributed by atoms with E-state index in [2.05, 4.69) is 20.1 Å². The number of fused-ring (bicyclic) bond motifs is 1. The average molecular weight is 307 g/mol. The van der Waals surface area contributed by atoms with Gasteiger partial charge in [0.05, 0.1) is 11.4 Å². The molecule has 0 atom stereocenters. The van der Waals surface area contributed by atoms with E-state index in [-0.39, 0.29) is 5.82 Å². The van der Waals surface area contributed by atoms with Gasteiger partial charge in [0.1, 0.15) is 18.0 Å². The smallest absolute Gasteiger partial charge is 0.155 e. The van der Waals surface area contributed by atoms with Crippen LogP contribution < -0.4 is 0 Å². The quantitative estimate of drug-likeness (QED) is 0.630.